The van der Waals surface area contributed by atoms with Crippen molar-refractivity contribution in [3.8, 4) is 0 Å². The lowest BCUT2D eigenvalue weighted by Crippen LogP contribution is -2.73. The highest BCUT2D eigenvalue weighted by atomic mass is 16.5. The molecule has 3 heteroatoms. The van der Waals surface area contributed by atoms with Crippen LogP contribution >= 0.6 is 0 Å². The molecule has 0 saturated carbocycles. The predicted octanol–water partition coefficient (Wildman–Crippen LogP) is 2.94. The summed E-state index contributed by atoms with van der Waals surface area (Å²) in [4.78, 5) is 5.02. The van der Waals surface area contributed by atoms with E-state index in [0.29, 0.717) is 0 Å². The van der Waals surface area contributed by atoms with Crippen molar-refractivity contribution in [3.63, 3.8) is 0 Å². The largest absolute Gasteiger partial charge is 0.370 e. The van der Waals surface area contributed by atoms with E-state index in [0.717, 1.165) is 32.8 Å². The van der Waals surface area contributed by atoms with E-state index in [1.807, 2.05) is 0 Å². The van der Waals surface area contributed by atoms with Gasteiger partial charge in [0.25, 0.3) is 0 Å². The molecule has 120 valence electrons. The maximum absolute atomic E-state index is 6.22. The first-order valence-electron chi connectivity index (χ1n) is 8.39. The van der Waals surface area contributed by atoms with Crippen LogP contribution in [-0.4, -0.2) is 48.6 Å². The molecular formula is C20H24N2O. The molecule has 1 unspecified atom stereocenters. The number of likely N-dealkylation sites (N-methyl/N-ethyl adjacent to an activating group) is 1. The highest BCUT2D eigenvalue weighted by molar-refractivity contribution is 5.20. The van der Waals surface area contributed by atoms with Gasteiger partial charge < -0.3 is 4.74 Å². The molecular weight excluding hydrogens is 284 g/mol. The summed E-state index contributed by atoms with van der Waals surface area (Å²) in [7, 11) is 2.25. The van der Waals surface area contributed by atoms with Gasteiger partial charge in [-0.1, -0.05) is 60.7 Å². The van der Waals surface area contributed by atoms with E-state index < -0.39 is 0 Å². The Balaban J connectivity index is 1.35. The molecule has 0 N–H and O–H groups in total. The quantitative estimate of drug-likeness (QED) is 0.867. The highest BCUT2D eigenvalue weighted by Crippen LogP contribution is 2.36. The van der Waals surface area contributed by atoms with Gasteiger partial charge in [0.2, 0.25) is 0 Å². The molecule has 0 aliphatic carbocycles. The summed E-state index contributed by atoms with van der Waals surface area (Å²) in [6.45, 7) is 5.04. The molecule has 2 fully saturated rings. The molecule has 0 radical (unpaired) electrons. The van der Waals surface area contributed by atoms with E-state index in [1.165, 1.54) is 11.1 Å². The number of ether oxygens (including phenoxy) is 1. The number of morpholine rings is 1. The molecule has 2 aliphatic rings. The average molecular weight is 308 g/mol. The molecule has 2 saturated heterocycles. The molecule has 4 rings (SSSR count). The Morgan fingerprint density at radius 1 is 1.00 bits per heavy atom. The van der Waals surface area contributed by atoms with Crippen molar-refractivity contribution in [2.24, 2.45) is 0 Å². The first-order valence-corrected chi connectivity index (χ1v) is 8.39. The SMILES string of the molecule is CN1CC(c2ccccc2)OCC12CN(Cc1ccccc1)C2. The molecule has 2 aliphatic heterocycles. The Hall–Kier alpha value is -1.68. The third kappa shape index (κ3) is 2.92. The van der Waals surface area contributed by atoms with Crippen molar-refractivity contribution in [1.29, 1.82) is 0 Å². The minimum absolute atomic E-state index is 0.204. The van der Waals surface area contributed by atoms with Crippen LogP contribution in [0.25, 0.3) is 0 Å². The van der Waals surface area contributed by atoms with Crippen molar-refractivity contribution in [1.82, 2.24) is 9.80 Å². The summed E-state index contributed by atoms with van der Waals surface area (Å²) in [5, 5.41) is 0. The number of benzene rings is 2. The fraction of sp³-hybridized carbons (Fsp3) is 0.400. The standard InChI is InChI=1S/C20H24N2O/c1-21-13-19(18-10-6-3-7-11-18)23-16-20(21)14-22(15-20)12-17-8-4-2-5-9-17/h2-11,19H,12-16H2,1H3. The highest BCUT2D eigenvalue weighted by Gasteiger charge is 2.49. The molecule has 2 aromatic carbocycles. The van der Waals surface area contributed by atoms with Gasteiger partial charge in [0.05, 0.1) is 18.2 Å². The Bertz CT molecular complexity index is 632. The molecule has 2 heterocycles. The normalized spacial score (nSPS) is 24.5. The minimum Gasteiger partial charge on any atom is -0.370 e. The third-order valence-electron chi connectivity index (χ3n) is 5.26. The second kappa shape index (κ2) is 6.08. The van der Waals surface area contributed by atoms with Crippen LogP contribution in [0.5, 0.6) is 0 Å². The second-order valence-corrected chi connectivity index (χ2v) is 6.95. The summed E-state index contributed by atoms with van der Waals surface area (Å²) in [5.74, 6) is 0. The van der Waals surface area contributed by atoms with E-state index in [-0.39, 0.29) is 11.6 Å². The van der Waals surface area contributed by atoms with Gasteiger partial charge >= 0.3 is 0 Å². The van der Waals surface area contributed by atoms with Crippen LogP contribution in [0.15, 0.2) is 60.7 Å². The van der Waals surface area contributed by atoms with Crippen molar-refractivity contribution in [2.45, 2.75) is 18.2 Å². The van der Waals surface area contributed by atoms with E-state index in [2.05, 4.69) is 77.5 Å². The zero-order valence-electron chi connectivity index (χ0n) is 13.7. The maximum Gasteiger partial charge on any atom is 0.0952 e. The fourth-order valence-corrected chi connectivity index (χ4v) is 3.80. The lowest BCUT2D eigenvalue weighted by molar-refractivity contribution is -0.163. The monoisotopic (exact) mass is 308 g/mol. The lowest BCUT2D eigenvalue weighted by atomic mass is 9.86. The number of nitrogens with zero attached hydrogens (tertiary/aromatic N) is 2. The summed E-state index contributed by atoms with van der Waals surface area (Å²) in [6.07, 6.45) is 0.204. The Labute approximate surface area is 138 Å². The van der Waals surface area contributed by atoms with Crippen LogP contribution in [-0.2, 0) is 11.3 Å². The molecule has 0 aromatic heterocycles. The Morgan fingerprint density at radius 2 is 1.65 bits per heavy atom. The van der Waals surface area contributed by atoms with Crippen LogP contribution < -0.4 is 0 Å². The van der Waals surface area contributed by atoms with E-state index in [4.69, 9.17) is 4.74 Å². The molecule has 23 heavy (non-hydrogen) atoms. The van der Waals surface area contributed by atoms with Gasteiger partial charge in [-0.25, -0.2) is 0 Å². The van der Waals surface area contributed by atoms with Gasteiger partial charge in [-0.05, 0) is 18.2 Å². The minimum atomic E-state index is 0.204. The van der Waals surface area contributed by atoms with Crippen molar-refractivity contribution in [2.75, 3.05) is 33.3 Å². The van der Waals surface area contributed by atoms with Crippen molar-refractivity contribution >= 4 is 0 Å². The number of likely N-dealkylation sites (tertiary alicyclic amines) is 1. The van der Waals surface area contributed by atoms with Gasteiger partial charge in [0, 0.05) is 26.2 Å². The van der Waals surface area contributed by atoms with Crippen molar-refractivity contribution in [3.05, 3.63) is 71.8 Å². The first-order chi connectivity index (χ1) is 11.3. The van der Waals surface area contributed by atoms with Crippen LogP contribution in [0, 0.1) is 0 Å². The average Bonchev–Trinajstić information content (AvgIpc) is 2.57. The predicted molar refractivity (Wildman–Crippen MR) is 92.2 cm³/mol. The van der Waals surface area contributed by atoms with Gasteiger partial charge in [0.1, 0.15) is 0 Å². The van der Waals surface area contributed by atoms with Gasteiger partial charge in [0.15, 0.2) is 0 Å². The summed E-state index contributed by atoms with van der Waals surface area (Å²) in [5.41, 5.74) is 2.89. The van der Waals surface area contributed by atoms with Crippen LogP contribution in [0.3, 0.4) is 0 Å². The van der Waals surface area contributed by atoms with Gasteiger partial charge in [-0.15, -0.1) is 0 Å². The molecule has 1 atom stereocenters. The van der Waals surface area contributed by atoms with E-state index in [1.54, 1.807) is 0 Å². The summed E-state index contributed by atoms with van der Waals surface area (Å²) >= 11 is 0. The zero-order chi connectivity index (χ0) is 15.7. The Kier molecular flexibility index (Phi) is 3.93. The maximum atomic E-state index is 6.22. The van der Waals surface area contributed by atoms with Gasteiger partial charge in [-0.3, -0.25) is 9.80 Å². The third-order valence-corrected chi connectivity index (χ3v) is 5.26. The number of hydrogen-bond donors (Lipinski definition) is 0. The Morgan fingerprint density at radius 3 is 2.30 bits per heavy atom. The fourth-order valence-electron chi connectivity index (χ4n) is 3.80. The number of hydrogen-bond acceptors (Lipinski definition) is 3. The van der Waals surface area contributed by atoms with Crippen LogP contribution in [0.4, 0.5) is 0 Å². The molecule has 2 aromatic rings. The molecule has 0 bridgehead atoms. The smallest absolute Gasteiger partial charge is 0.0952 e. The van der Waals surface area contributed by atoms with E-state index >= 15 is 0 Å². The lowest BCUT2D eigenvalue weighted by Gasteiger charge is -2.58. The van der Waals surface area contributed by atoms with Crippen LogP contribution in [0.2, 0.25) is 0 Å². The number of rotatable bonds is 3. The molecule has 0 amide bonds. The summed E-state index contributed by atoms with van der Waals surface area (Å²) < 4.78 is 6.22. The van der Waals surface area contributed by atoms with Gasteiger partial charge in [-0.2, -0.15) is 0 Å². The zero-order valence-corrected chi connectivity index (χ0v) is 13.7. The topological polar surface area (TPSA) is 15.7 Å². The second-order valence-electron chi connectivity index (χ2n) is 6.95. The molecule has 1 spiro atoms. The van der Waals surface area contributed by atoms with Crippen molar-refractivity contribution < 1.29 is 4.74 Å². The summed E-state index contributed by atoms with van der Waals surface area (Å²) in [6, 6.07) is 21.3. The molecule has 3 nitrogen and oxygen atoms in total. The first kappa shape index (κ1) is 14.9. The van der Waals surface area contributed by atoms with E-state index in [9.17, 15) is 0 Å². The van der Waals surface area contributed by atoms with Crippen LogP contribution in [0.1, 0.15) is 17.2 Å².